The molecule has 0 aliphatic carbocycles. The van der Waals surface area contributed by atoms with Crippen LogP contribution in [-0.2, 0) is 9.59 Å². The number of hydrogen-bond donors (Lipinski definition) is 2. The molecule has 0 spiro atoms. The Bertz CT molecular complexity index is 521. The van der Waals surface area contributed by atoms with E-state index in [1.807, 2.05) is 19.9 Å². The Labute approximate surface area is 130 Å². The minimum absolute atomic E-state index is 0.0646. The number of ketones is 1. The fourth-order valence-electron chi connectivity index (χ4n) is 2.36. The first-order valence-corrected chi connectivity index (χ1v) is 7.53. The van der Waals surface area contributed by atoms with E-state index in [0.717, 1.165) is 0 Å². The second-order valence-electron chi connectivity index (χ2n) is 5.40. The van der Waals surface area contributed by atoms with Gasteiger partial charge in [-0.1, -0.05) is 44.2 Å². The van der Waals surface area contributed by atoms with Crippen molar-refractivity contribution in [2.24, 2.45) is 0 Å². The van der Waals surface area contributed by atoms with E-state index in [4.69, 9.17) is 5.11 Å². The molecule has 5 nitrogen and oxygen atoms in total. The minimum atomic E-state index is -0.940. The Kier molecular flexibility index (Phi) is 6.76. The summed E-state index contributed by atoms with van der Waals surface area (Å²) >= 11 is 0. The van der Waals surface area contributed by atoms with E-state index in [2.05, 4.69) is 5.32 Å². The zero-order chi connectivity index (χ0) is 16.6. The van der Waals surface area contributed by atoms with Crippen molar-refractivity contribution in [2.45, 2.75) is 51.5 Å². The average molecular weight is 305 g/mol. The highest BCUT2D eigenvalue weighted by Gasteiger charge is 2.30. The molecule has 22 heavy (non-hydrogen) atoms. The fourth-order valence-corrected chi connectivity index (χ4v) is 2.36. The highest BCUT2D eigenvalue weighted by Crippen LogP contribution is 2.20. The maximum absolute atomic E-state index is 12.0. The molecule has 0 bridgehead atoms. The van der Waals surface area contributed by atoms with Gasteiger partial charge in [0.2, 0.25) is 5.91 Å². The lowest BCUT2D eigenvalue weighted by atomic mass is 9.88. The molecule has 1 rings (SSSR count). The quantitative estimate of drug-likeness (QED) is 0.687. The van der Waals surface area contributed by atoms with Crippen LogP contribution in [0.1, 0.15) is 56.3 Å². The smallest absolute Gasteiger partial charge is 0.305 e. The van der Waals surface area contributed by atoms with Gasteiger partial charge in [-0.3, -0.25) is 14.4 Å². The summed E-state index contributed by atoms with van der Waals surface area (Å²) in [6, 6.07) is 8.81. The van der Waals surface area contributed by atoms with E-state index in [1.54, 1.807) is 24.3 Å². The zero-order valence-electron chi connectivity index (χ0n) is 13.1. The summed E-state index contributed by atoms with van der Waals surface area (Å²) in [4.78, 5) is 35.0. The number of Topliss-reactive ketones (excluding diaryl/α,β-unsaturated/α-hetero) is 1. The van der Waals surface area contributed by atoms with E-state index in [0.29, 0.717) is 18.4 Å². The lowest BCUT2D eigenvalue weighted by Gasteiger charge is -2.31. The van der Waals surface area contributed by atoms with E-state index < -0.39 is 11.5 Å². The van der Waals surface area contributed by atoms with Gasteiger partial charge in [0, 0.05) is 23.9 Å². The number of rotatable bonds is 9. The molecule has 0 saturated carbocycles. The maximum Gasteiger partial charge on any atom is 0.305 e. The number of hydrogen-bond acceptors (Lipinski definition) is 3. The molecule has 1 aromatic rings. The first-order chi connectivity index (χ1) is 10.4. The van der Waals surface area contributed by atoms with Gasteiger partial charge in [0.1, 0.15) is 0 Å². The number of carboxylic acids is 1. The first kappa shape index (κ1) is 17.9. The summed E-state index contributed by atoms with van der Waals surface area (Å²) in [6.45, 7) is 3.70. The van der Waals surface area contributed by atoms with Crippen molar-refractivity contribution in [3.05, 3.63) is 35.9 Å². The number of amides is 1. The topological polar surface area (TPSA) is 83.5 Å². The van der Waals surface area contributed by atoms with Crippen LogP contribution < -0.4 is 5.32 Å². The van der Waals surface area contributed by atoms with Crippen molar-refractivity contribution in [1.29, 1.82) is 0 Å². The number of carboxylic acid groups (broad SMARTS) is 1. The Balaban J connectivity index is 2.57. The van der Waals surface area contributed by atoms with Gasteiger partial charge in [0.25, 0.3) is 0 Å². The van der Waals surface area contributed by atoms with Gasteiger partial charge in [0.15, 0.2) is 5.78 Å². The molecule has 0 aliphatic heterocycles. The predicted molar refractivity (Wildman–Crippen MR) is 83.7 cm³/mol. The number of aliphatic carboxylic acids is 1. The van der Waals surface area contributed by atoms with E-state index in [9.17, 15) is 14.4 Å². The van der Waals surface area contributed by atoms with Crippen LogP contribution >= 0.6 is 0 Å². The van der Waals surface area contributed by atoms with Crippen LogP contribution in [0.3, 0.4) is 0 Å². The molecule has 0 saturated heterocycles. The molecule has 0 aliphatic rings. The number of benzene rings is 1. The molecule has 0 aromatic heterocycles. The van der Waals surface area contributed by atoms with Crippen LogP contribution in [0.2, 0.25) is 0 Å². The molecular weight excluding hydrogens is 282 g/mol. The second-order valence-corrected chi connectivity index (χ2v) is 5.40. The van der Waals surface area contributed by atoms with Crippen LogP contribution in [0.4, 0.5) is 0 Å². The van der Waals surface area contributed by atoms with Crippen LogP contribution in [0, 0.1) is 0 Å². The zero-order valence-corrected chi connectivity index (χ0v) is 13.1. The summed E-state index contributed by atoms with van der Waals surface area (Å²) in [7, 11) is 0. The summed E-state index contributed by atoms with van der Waals surface area (Å²) in [5.74, 6) is -1.31. The van der Waals surface area contributed by atoms with E-state index in [-0.39, 0.29) is 31.0 Å². The second kappa shape index (κ2) is 8.32. The molecule has 0 fully saturated rings. The van der Waals surface area contributed by atoms with Gasteiger partial charge in [-0.05, 0) is 12.8 Å². The summed E-state index contributed by atoms with van der Waals surface area (Å²) < 4.78 is 0. The first-order valence-electron chi connectivity index (χ1n) is 7.53. The Hall–Kier alpha value is -2.17. The third-order valence-corrected chi connectivity index (χ3v) is 3.92. The number of nitrogens with one attached hydrogen (secondary N) is 1. The number of carbonyl (C=O) groups excluding carboxylic acids is 2. The Morgan fingerprint density at radius 3 is 2.14 bits per heavy atom. The molecular formula is C17H23NO4. The highest BCUT2D eigenvalue weighted by molar-refractivity contribution is 5.98. The molecule has 2 N–H and O–H groups in total. The van der Waals surface area contributed by atoms with Gasteiger partial charge < -0.3 is 10.4 Å². The van der Waals surface area contributed by atoms with Crippen molar-refractivity contribution in [2.75, 3.05) is 0 Å². The van der Waals surface area contributed by atoms with Crippen molar-refractivity contribution in [3.8, 4) is 0 Å². The SMILES string of the molecule is CCC(CC)(CC(=O)O)NC(=O)CCC(=O)c1ccccc1. The fraction of sp³-hybridized carbons (Fsp3) is 0.471. The predicted octanol–water partition coefficient (Wildman–Crippen LogP) is 2.80. The standard InChI is InChI=1S/C17H23NO4/c1-3-17(4-2,12-16(21)22)18-15(20)11-10-14(19)13-8-6-5-7-9-13/h5-9H,3-4,10-12H2,1-2H3,(H,18,20)(H,21,22). The van der Waals surface area contributed by atoms with E-state index >= 15 is 0 Å². The largest absolute Gasteiger partial charge is 0.481 e. The molecule has 0 radical (unpaired) electrons. The third-order valence-electron chi connectivity index (χ3n) is 3.92. The van der Waals surface area contributed by atoms with Gasteiger partial charge in [-0.2, -0.15) is 0 Å². The van der Waals surface area contributed by atoms with Crippen molar-refractivity contribution in [1.82, 2.24) is 5.32 Å². The molecule has 0 heterocycles. The van der Waals surface area contributed by atoms with E-state index in [1.165, 1.54) is 0 Å². The Morgan fingerprint density at radius 1 is 1.05 bits per heavy atom. The van der Waals surface area contributed by atoms with Gasteiger partial charge in [0.05, 0.1) is 6.42 Å². The molecule has 0 atom stereocenters. The molecule has 120 valence electrons. The van der Waals surface area contributed by atoms with Gasteiger partial charge in [-0.15, -0.1) is 0 Å². The van der Waals surface area contributed by atoms with Gasteiger partial charge >= 0.3 is 5.97 Å². The molecule has 0 unspecified atom stereocenters. The van der Waals surface area contributed by atoms with Gasteiger partial charge in [-0.25, -0.2) is 0 Å². The monoisotopic (exact) mass is 305 g/mol. The minimum Gasteiger partial charge on any atom is -0.481 e. The van der Waals surface area contributed by atoms with Crippen molar-refractivity contribution < 1.29 is 19.5 Å². The molecule has 5 heteroatoms. The Morgan fingerprint density at radius 2 is 1.64 bits per heavy atom. The van der Waals surface area contributed by atoms with Crippen LogP contribution in [0.15, 0.2) is 30.3 Å². The summed E-state index contributed by atoms with van der Waals surface area (Å²) in [5.41, 5.74) is -0.156. The molecule has 1 aromatic carbocycles. The third kappa shape index (κ3) is 5.31. The lowest BCUT2D eigenvalue weighted by Crippen LogP contribution is -2.49. The van der Waals surface area contributed by atoms with Crippen LogP contribution in [-0.4, -0.2) is 28.3 Å². The number of carbonyl (C=O) groups is 3. The molecule has 1 amide bonds. The normalized spacial score (nSPS) is 11.0. The maximum atomic E-state index is 12.0. The summed E-state index contributed by atoms with van der Waals surface area (Å²) in [5, 5.41) is 11.8. The van der Waals surface area contributed by atoms with Crippen molar-refractivity contribution >= 4 is 17.7 Å². The average Bonchev–Trinajstić information content (AvgIpc) is 2.52. The van der Waals surface area contributed by atoms with Crippen LogP contribution in [0.5, 0.6) is 0 Å². The summed E-state index contributed by atoms with van der Waals surface area (Å²) in [6.07, 6.45) is 1.14. The van der Waals surface area contributed by atoms with Crippen molar-refractivity contribution in [3.63, 3.8) is 0 Å². The lowest BCUT2D eigenvalue weighted by molar-refractivity contribution is -0.139. The van der Waals surface area contributed by atoms with Crippen LogP contribution in [0.25, 0.3) is 0 Å². The highest BCUT2D eigenvalue weighted by atomic mass is 16.4.